The van der Waals surface area contributed by atoms with Gasteiger partial charge in [-0.2, -0.15) is 5.10 Å². The molecule has 20 heavy (non-hydrogen) atoms. The lowest BCUT2D eigenvalue weighted by atomic mass is 10.1. The highest BCUT2D eigenvalue weighted by molar-refractivity contribution is 7.80. The van der Waals surface area contributed by atoms with E-state index in [0.717, 1.165) is 22.4 Å². The monoisotopic (exact) mass is 283 g/mol. The molecular weight excluding hydrogens is 270 g/mol. The molecule has 2 heterocycles. The van der Waals surface area contributed by atoms with E-state index in [4.69, 9.17) is 18.0 Å². The van der Waals surface area contributed by atoms with Crippen LogP contribution in [0.5, 0.6) is 0 Å². The highest BCUT2D eigenvalue weighted by Crippen LogP contribution is 2.28. The molecule has 0 aliphatic carbocycles. The summed E-state index contributed by atoms with van der Waals surface area (Å²) in [6.45, 7) is 0. The van der Waals surface area contributed by atoms with E-state index < -0.39 is 0 Å². The number of para-hydroxylation sites is 1. The molecule has 0 amide bonds. The van der Waals surface area contributed by atoms with Gasteiger partial charge >= 0.3 is 0 Å². The highest BCUT2D eigenvalue weighted by atomic mass is 32.1. The van der Waals surface area contributed by atoms with Crippen LogP contribution in [0.4, 0.5) is 11.5 Å². The lowest BCUT2D eigenvalue weighted by molar-refractivity contribution is 0.771. The molecule has 0 atom stereocenters. The summed E-state index contributed by atoms with van der Waals surface area (Å²) in [5.41, 5.74) is 8.22. The maximum absolute atomic E-state index is 5.79. The first-order chi connectivity index (χ1) is 9.65. The minimum atomic E-state index is 0.307. The fourth-order valence-corrected chi connectivity index (χ4v) is 2.23. The molecule has 0 bridgehead atoms. The van der Waals surface area contributed by atoms with Gasteiger partial charge in [0, 0.05) is 30.9 Å². The molecule has 1 aromatic carbocycles. The Morgan fingerprint density at radius 2 is 2.10 bits per heavy atom. The maximum Gasteiger partial charge on any atom is 0.152 e. The van der Waals surface area contributed by atoms with Crippen molar-refractivity contribution in [1.82, 2.24) is 14.8 Å². The summed E-state index contributed by atoms with van der Waals surface area (Å²) in [5, 5.41) is 8.55. The van der Waals surface area contributed by atoms with Crippen LogP contribution >= 0.6 is 12.2 Å². The third kappa shape index (κ3) is 2.21. The number of rotatable bonds is 3. The molecule has 100 valence electrons. The zero-order valence-electron chi connectivity index (χ0n) is 10.9. The zero-order chi connectivity index (χ0) is 14.1. The number of nitrogens with zero attached hydrogens (tertiary/aromatic N) is 3. The van der Waals surface area contributed by atoms with Gasteiger partial charge in [-0.15, -0.1) is 0 Å². The van der Waals surface area contributed by atoms with Crippen molar-refractivity contribution in [3.63, 3.8) is 0 Å². The van der Waals surface area contributed by atoms with Gasteiger partial charge in [-0.3, -0.25) is 9.67 Å². The van der Waals surface area contributed by atoms with Crippen molar-refractivity contribution in [3.8, 4) is 0 Å². The van der Waals surface area contributed by atoms with Gasteiger partial charge in [0.15, 0.2) is 5.82 Å². The molecule has 5 nitrogen and oxygen atoms in total. The summed E-state index contributed by atoms with van der Waals surface area (Å²) in [6, 6.07) is 9.72. The number of pyridine rings is 1. The van der Waals surface area contributed by atoms with E-state index in [0.29, 0.717) is 10.6 Å². The van der Waals surface area contributed by atoms with Crippen LogP contribution in [-0.2, 0) is 7.05 Å². The Hall–Kier alpha value is -2.47. The van der Waals surface area contributed by atoms with Crippen LogP contribution in [0.2, 0.25) is 0 Å². The quantitative estimate of drug-likeness (QED) is 0.722. The number of aromatic nitrogens is 3. The number of aryl methyl sites for hydroxylation is 1. The Bertz CT molecular complexity index is 793. The number of fused-ring (bicyclic) bond motifs is 1. The second kappa shape index (κ2) is 4.90. The topological polar surface area (TPSA) is 68.8 Å². The normalized spacial score (nSPS) is 10.7. The van der Waals surface area contributed by atoms with Crippen LogP contribution in [0.3, 0.4) is 0 Å². The summed E-state index contributed by atoms with van der Waals surface area (Å²) < 4.78 is 1.73. The molecule has 0 aliphatic rings. The molecule has 2 aromatic heterocycles. The van der Waals surface area contributed by atoms with E-state index in [9.17, 15) is 0 Å². The second-order valence-corrected chi connectivity index (χ2v) is 4.87. The van der Waals surface area contributed by atoms with Gasteiger partial charge in [0.05, 0.1) is 16.8 Å². The standard InChI is InChI=1S/C14H13N5S/c1-19-7-6-12(18-19)17-13-9-4-2-3-5-11(9)16-8-10(13)14(15)20/h2-8H,1H3,(H2,15,20)(H,16,17,18). The third-order valence-corrected chi connectivity index (χ3v) is 3.23. The van der Waals surface area contributed by atoms with E-state index in [2.05, 4.69) is 15.4 Å². The van der Waals surface area contributed by atoms with E-state index in [1.807, 2.05) is 43.6 Å². The molecule has 0 spiro atoms. The fourth-order valence-electron chi connectivity index (χ4n) is 2.07. The second-order valence-electron chi connectivity index (χ2n) is 4.43. The minimum Gasteiger partial charge on any atom is -0.389 e. The van der Waals surface area contributed by atoms with Gasteiger partial charge in [-0.05, 0) is 6.07 Å². The molecule has 3 aromatic rings. The Kier molecular flexibility index (Phi) is 3.08. The average molecular weight is 283 g/mol. The molecule has 0 unspecified atom stereocenters. The maximum atomic E-state index is 5.79. The average Bonchev–Trinajstić information content (AvgIpc) is 2.84. The molecule has 0 radical (unpaired) electrons. The Labute approximate surface area is 121 Å². The lowest BCUT2D eigenvalue weighted by Gasteiger charge is -2.12. The smallest absolute Gasteiger partial charge is 0.152 e. The minimum absolute atomic E-state index is 0.307. The number of hydrogen-bond donors (Lipinski definition) is 2. The summed E-state index contributed by atoms with van der Waals surface area (Å²) in [6.07, 6.45) is 3.56. The van der Waals surface area contributed by atoms with E-state index in [1.165, 1.54) is 0 Å². The molecule has 0 saturated heterocycles. The molecule has 0 aliphatic heterocycles. The van der Waals surface area contributed by atoms with Gasteiger partial charge in [-0.1, -0.05) is 30.4 Å². The van der Waals surface area contributed by atoms with Crippen molar-refractivity contribution in [3.05, 3.63) is 48.3 Å². The van der Waals surface area contributed by atoms with Crippen molar-refractivity contribution in [1.29, 1.82) is 0 Å². The molecule has 3 rings (SSSR count). The summed E-state index contributed by atoms with van der Waals surface area (Å²) in [4.78, 5) is 4.68. The van der Waals surface area contributed by atoms with Gasteiger partial charge in [0.25, 0.3) is 0 Å². The van der Waals surface area contributed by atoms with Gasteiger partial charge in [-0.25, -0.2) is 0 Å². The first-order valence-electron chi connectivity index (χ1n) is 6.09. The SMILES string of the molecule is Cn1ccc(Nc2c(C(N)=S)cnc3ccccc23)n1. The van der Waals surface area contributed by atoms with Crippen LogP contribution in [0, 0.1) is 0 Å². The Morgan fingerprint density at radius 3 is 2.80 bits per heavy atom. The zero-order valence-corrected chi connectivity index (χ0v) is 11.7. The van der Waals surface area contributed by atoms with Crippen LogP contribution < -0.4 is 11.1 Å². The molecular formula is C14H13N5S. The number of benzene rings is 1. The van der Waals surface area contributed by atoms with Crippen LogP contribution in [0.15, 0.2) is 42.7 Å². The summed E-state index contributed by atoms with van der Waals surface area (Å²) in [7, 11) is 1.87. The van der Waals surface area contributed by atoms with E-state index in [-0.39, 0.29) is 0 Å². The van der Waals surface area contributed by atoms with Crippen LogP contribution in [0.1, 0.15) is 5.56 Å². The number of anilines is 2. The largest absolute Gasteiger partial charge is 0.389 e. The predicted octanol–water partition coefficient (Wildman–Crippen LogP) is 2.35. The van der Waals surface area contributed by atoms with Crippen molar-refractivity contribution in [2.45, 2.75) is 0 Å². The Morgan fingerprint density at radius 1 is 1.30 bits per heavy atom. The number of thiocarbonyl (C=S) groups is 1. The number of nitrogens with two attached hydrogens (primary N) is 1. The fraction of sp³-hybridized carbons (Fsp3) is 0.0714. The van der Waals surface area contributed by atoms with Crippen molar-refractivity contribution >= 4 is 39.6 Å². The summed E-state index contributed by atoms with van der Waals surface area (Å²) in [5.74, 6) is 0.737. The highest BCUT2D eigenvalue weighted by Gasteiger charge is 2.11. The third-order valence-electron chi connectivity index (χ3n) is 3.01. The van der Waals surface area contributed by atoms with Gasteiger partial charge < -0.3 is 11.1 Å². The van der Waals surface area contributed by atoms with Crippen molar-refractivity contribution < 1.29 is 0 Å². The van der Waals surface area contributed by atoms with Crippen LogP contribution in [0.25, 0.3) is 10.9 Å². The molecule has 6 heteroatoms. The predicted molar refractivity (Wildman–Crippen MR) is 84.1 cm³/mol. The first kappa shape index (κ1) is 12.6. The molecule has 0 saturated carbocycles. The lowest BCUT2D eigenvalue weighted by Crippen LogP contribution is -2.13. The molecule has 0 fully saturated rings. The van der Waals surface area contributed by atoms with Crippen LogP contribution in [-0.4, -0.2) is 19.8 Å². The number of nitrogens with one attached hydrogen (secondary N) is 1. The molecule has 3 N–H and O–H groups in total. The van der Waals surface area contributed by atoms with E-state index >= 15 is 0 Å². The summed E-state index contributed by atoms with van der Waals surface area (Å²) >= 11 is 5.11. The van der Waals surface area contributed by atoms with Crippen molar-refractivity contribution in [2.24, 2.45) is 12.8 Å². The number of hydrogen-bond acceptors (Lipinski definition) is 4. The van der Waals surface area contributed by atoms with Gasteiger partial charge in [0.2, 0.25) is 0 Å². The van der Waals surface area contributed by atoms with E-state index in [1.54, 1.807) is 10.9 Å². The first-order valence-corrected chi connectivity index (χ1v) is 6.50. The van der Waals surface area contributed by atoms with Crippen molar-refractivity contribution in [2.75, 3.05) is 5.32 Å². The van der Waals surface area contributed by atoms with Gasteiger partial charge in [0.1, 0.15) is 4.99 Å². The Balaban J connectivity index is 2.19.